The highest BCUT2D eigenvalue weighted by Gasteiger charge is 1.94. The first kappa shape index (κ1) is 7.29. The van der Waals surface area contributed by atoms with Crippen LogP contribution in [0.3, 0.4) is 0 Å². The van der Waals surface area contributed by atoms with Gasteiger partial charge in [-0.05, 0) is 12.1 Å². The number of nitrogens with zero attached hydrogens (tertiary/aromatic N) is 1. The van der Waals surface area contributed by atoms with Gasteiger partial charge in [0.25, 0.3) is 0 Å². The molecule has 59 valence electrons. The van der Waals surface area contributed by atoms with Gasteiger partial charge in [-0.15, -0.1) is 0 Å². The summed E-state index contributed by atoms with van der Waals surface area (Å²) >= 11 is 0. The van der Waals surface area contributed by atoms with Crippen molar-refractivity contribution in [2.45, 2.75) is 6.92 Å². The quantitative estimate of drug-likeness (QED) is 0.618. The van der Waals surface area contributed by atoms with E-state index in [0.717, 1.165) is 11.2 Å². The number of fused-ring (bicyclic) bond motifs is 1. The predicted octanol–water partition coefficient (Wildman–Crippen LogP) is 2.81. The fraction of sp³-hybridized carbons (Fsp3) is 0.0909. The van der Waals surface area contributed by atoms with Crippen molar-refractivity contribution in [1.29, 1.82) is 0 Å². The van der Waals surface area contributed by atoms with Crippen molar-refractivity contribution < 1.29 is 0 Å². The van der Waals surface area contributed by atoms with Gasteiger partial charge in [-0.2, -0.15) is 0 Å². The molecule has 0 saturated heterocycles. The second-order valence-electron chi connectivity index (χ2n) is 2.72. The molecule has 1 radical (unpaired) electrons. The summed E-state index contributed by atoms with van der Waals surface area (Å²) < 4.78 is 0. The topological polar surface area (TPSA) is 12.9 Å². The number of benzene rings is 1. The Morgan fingerprint density at radius 3 is 2.75 bits per heavy atom. The van der Waals surface area contributed by atoms with Crippen molar-refractivity contribution in [3.05, 3.63) is 48.5 Å². The van der Waals surface area contributed by atoms with Gasteiger partial charge in [0.05, 0.1) is 5.52 Å². The normalized spacial score (nSPS) is 10.4. The lowest BCUT2D eigenvalue weighted by Gasteiger charge is -1.98. The van der Waals surface area contributed by atoms with Crippen molar-refractivity contribution >= 4 is 10.9 Å². The van der Waals surface area contributed by atoms with Crippen molar-refractivity contribution in [2.75, 3.05) is 0 Å². The molecule has 0 aliphatic heterocycles. The molecule has 12 heavy (non-hydrogen) atoms. The maximum atomic E-state index is 4.44. The lowest BCUT2D eigenvalue weighted by molar-refractivity contribution is 1.25. The maximum Gasteiger partial charge on any atom is 0.0705 e. The van der Waals surface area contributed by atoms with Gasteiger partial charge in [-0.25, -0.2) is 0 Å². The Balaban J connectivity index is 2.67. The summed E-state index contributed by atoms with van der Waals surface area (Å²) in [4.78, 5) is 4.44. The highest BCUT2D eigenvalue weighted by molar-refractivity contribution is 5.78. The van der Waals surface area contributed by atoms with Crippen LogP contribution in [0.1, 0.15) is 12.6 Å². The lowest BCUT2D eigenvalue weighted by atomic mass is 10.2. The monoisotopic (exact) mass is 156 g/mol. The fourth-order valence-corrected chi connectivity index (χ4v) is 1.24. The number of pyridine rings is 1. The molecule has 0 amide bonds. The zero-order valence-corrected chi connectivity index (χ0v) is 6.99. The van der Waals surface area contributed by atoms with Crippen LogP contribution in [0.2, 0.25) is 0 Å². The molecule has 1 nitrogen and oxygen atoms in total. The minimum Gasteiger partial charge on any atom is -0.253 e. The van der Waals surface area contributed by atoms with Crippen LogP contribution >= 0.6 is 0 Å². The molecule has 1 aromatic heterocycles. The van der Waals surface area contributed by atoms with Gasteiger partial charge >= 0.3 is 0 Å². The number of hydrogen-bond donors (Lipinski definition) is 0. The van der Waals surface area contributed by atoms with Crippen LogP contribution in [0, 0.1) is 6.42 Å². The second-order valence-corrected chi connectivity index (χ2v) is 2.72. The Hall–Kier alpha value is -1.37. The van der Waals surface area contributed by atoms with E-state index in [4.69, 9.17) is 0 Å². The van der Waals surface area contributed by atoms with Gasteiger partial charge in [0.1, 0.15) is 0 Å². The summed E-state index contributed by atoms with van der Waals surface area (Å²) in [6.45, 7) is 2.00. The summed E-state index contributed by atoms with van der Waals surface area (Å²) in [6, 6.07) is 12.3. The Morgan fingerprint density at radius 2 is 1.92 bits per heavy atom. The van der Waals surface area contributed by atoms with E-state index in [1.165, 1.54) is 5.39 Å². The third kappa shape index (κ3) is 1.18. The Bertz CT molecular complexity index is 393. The van der Waals surface area contributed by atoms with Gasteiger partial charge in [-0.3, -0.25) is 4.98 Å². The molecule has 0 saturated carbocycles. The van der Waals surface area contributed by atoms with Gasteiger partial charge in [0.2, 0.25) is 0 Å². The predicted molar refractivity (Wildman–Crippen MR) is 50.8 cm³/mol. The lowest BCUT2D eigenvalue weighted by Crippen LogP contribution is -1.84. The summed E-state index contributed by atoms with van der Waals surface area (Å²) in [5.41, 5.74) is 2.10. The zero-order valence-electron chi connectivity index (χ0n) is 6.99. The van der Waals surface area contributed by atoms with E-state index < -0.39 is 0 Å². The van der Waals surface area contributed by atoms with Crippen LogP contribution in [0.5, 0.6) is 0 Å². The number of hydrogen-bond acceptors (Lipinski definition) is 1. The van der Waals surface area contributed by atoms with E-state index in [0.29, 0.717) is 0 Å². The average molecular weight is 156 g/mol. The van der Waals surface area contributed by atoms with Gasteiger partial charge in [0, 0.05) is 17.5 Å². The van der Waals surface area contributed by atoms with Crippen LogP contribution < -0.4 is 0 Å². The van der Waals surface area contributed by atoms with Crippen molar-refractivity contribution in [3.63, 3.8) is 0 Å². The first-order valence-electron chi connectivity index (χ1n) is 4.05. The van der Waals surface area contributed by atoms with E-state index in [1.807, 2.05) is 37.6 Å². The molecule has 0 N–H and O–H groups in total. The molecular weight excluding hydrogens is 146 g/mol. The first-order valence-corrected chi connectivity index (χ1v) is 4.05. The van der Waals surface area contributed by atoms with Crippen LogP contribution in [-0.4, -0.2) is 4.98 Å². The third-order valence-corrected chi connectivity index (χ3v) is 1.92. The zero-order chi connectivity index (χ0) is 8.39. The highest BCUT2D eigenvalue weighted by Crippen LogP contribution is 2.12. The molecule has 1 aromatic carbocycles. The number of aromatic nitrogens is 1. The molecule has 1 heteroatoms. The van der Waals surface area contributed by atoms with Gasteiger partial charge in [-0.1, -0.05) is 31.2 Å². The van der Waals surface area contributed by atoms with Crippen LogP contribution in [0.25, 0.3) is 10.9 Å². The molecule has 0 spiro atoms. The van der Waals surface area contributed by atoms with Crippen molar-refractivity contribution in [2.24, 2.45) is 0 Å². The Labute approximate surface area is 72.1 Å². The largest absolute Gasteiger partial charge is 0.253 e. The Morgan fingerprint density at radius 1 is 1.08 bits per heavy atom. The minimum atomic E-state index is 1.04. The smallest absolute Gasteiger partial charge is 0.0705 e. The number of para-hydroxylation sites is 1. The fourth-order valence-electron chi connectivity index (χ4n) is 1.24. The molecular formula is C11H10N. The average Bonchev–Trinajstić information content (AvgIpc) is 2.17. The molecule has 0 aliphatic rings. The highest BCUT2D eigenvalue weighted by atomic mass is 14.7. The molecule has 2 rings (SSSR count). The van der Waals surface area contributed by atoms with E-state index >= 15 is 0 Å². The maximum absolute atomic E-state index is 4.44. The molecule has 0 bridgehead atoms. The van der Waals surface area contributed by atoms with Crippen molar-refractivity contribution in [1.82, 2.24) is 4.98 Å². The molecule has 0 unspecified atom stereocenters. The molecule has 1 heterocycles. The Kier molecular flexibility index (Phi) is 1.78. The minimum absolute atomic E-state index is 1.04. The van der Waals surface area contributed by atoms with E-state index in [-0.39, 0.29) is 0 Å². The van der Waals surface area contributed by atoms with Crippen LogP contribution in [0.4, 0.5) is 0 Å². The molecule has 0 atom stereocenters. The third-order valence-electron chi connectivity index (χ3n) is 1.92. The number of rotatable bonds is 1. The SMILES string of the molecule is C[CH]c1ccc2ccccc2n1. The molecule has 0 fully saturated rings. The standard InChI is InChI=1S/C11H10N/c1-2-10-8-7-9-5-3-4-6-11(9)12-10/h2-8H,1H3. The molecule has 0 aliphatic carbocycles. The summed E-state index contributed by atoms with van der Waals surface area (Å²) in [7, 11) is 0. The van der Waals surface area contributed by atoms with E-state index in [2.05, 4.69) is 17.1 Å². The second kappa shape index (κ2) is 2.94. The van der Waals surface area contributed by atoms with Gasteiger partial charge in [0.15, 0.2) is 0 Å². The van der Waals surface area contributed by atoms with E-state index in [1.54, 1.807) is 0 Å². The summed E-state index contributed by atoms with van der Waals surface area (Å²) in [5.74, 6) is 0. The van der Waals surface area contributed by atoms with E-state index in [9.17, 15) is 0 Å². The summed E-state index contributed by atoms with van der Waals surface area (Å²) in [6.07, 6.45) is 2.01. The van der Waals surface area contributed by atoms with Crippen molar-refractivity contribution in [3.8, 4) is 0 Å². The van der Waals surface area contributed by atoms with Crippen LogP contribution in [0.15, 0.2) is 36.4 Å². The summed E-state index contributed by atoms with van der Waals surface area (Å²) in [5, 5.41) is 1.20. The van der Waals surface area contributed by atoms with Crippen LogP contribution in [-0.2, 0) is 0 Å². The van der Waals surface area contributed by atoms with Gasteiger partial charge < -0.3 is 0 Å². The molecule has 2 aromatic rings. The first-order chi connectivity index (χ1) is 5.90.